The number of ether oxygens (including phenoxy) is 1. The average molecular weight is 354 g/mol. The molecule has 0 spiro atoms. The van der Waals surface area contributed by atoms with E-state index in [-0.39, 0.29) is 22.9 Å². The minimum atomic E-state index is -3.59. The van der Waals surface area contributed by atoms with E-state index in [1.165, 1.54) is 0 Å². The van der Waals surface area contributed by atoms with Crippen LogP contribution >= 0.6 is 11.8 Å². The zero-order valence-electron chi connectivity index (χ0n) is 12.4. The summed E-state index contributed by atoms with van der Waals surface area (Å²) in [4.78, 5) is 12.8. The lowest BCUT2D eigenvalue weighted by Crippen LogP contribution is -2.53. The van der Waals surface area contributed by atoms with E-state index in [2.05, 4.69) is 10.0 Å². The lowest BCUT2D eigenvalue weighted by atomic mass is 9.77. The minimum absolute atomic E-state index is 0.0460. The first-order valence-electron chi connectivity index (χ1n) is 7.73. The number of carbonyl (C=O) groups excluding carboxylic acids is 1. The predicted octanol–water partition coefficient (Wildman–Crippen LogP) is 1.58. The number of benzene rings is 1. The van der Waals surface area contributed by atoms with Gasteiger partial charge in [-0.3, -0.25) is 4.79 Å². The van der Waals surface area contributed by atoms with Crippen LogP contribution in [0.25, 0.3) is 0 Å². The van der Waals surface area contributed by atoms with Crippen molar-refractivity contribution in [1.82, 2.24) is 4.72 Å². The van der Waals surface area contributed by atoms with E-state index in [4.69, 9.17) is 4.74 Å². The monoisotopic (exact) mass is 354 g/mol. The van der Waals surface area contributed by atoms with E-state index in [9.17, 15) is 13.2 Å². The maximum Gasteiger partial charge on any atom is 0.240 e. The van der Waals surface area contributed by atoms with Crippen molar-refractivity contribution in [3.05, 3.63) is 18.2 Å². The first kappa shape index (κ1) is 15.4. The molecule has 0 aromatic heterocycles. The zero-order valence-corrected chi connectivity index (χ0v) is 14.1. The van der Waals surface area contributed by atoms with Crippen LogP contribution in [0.2, 0.25) is 0 Å². The second-order valence-corrected chi connectivity index (χ2v) is 8.98. The molecular weight excluding hydrogens is 336 g/mol. The summed E-state index contributed by atoms with van der Waals surface area (Å²) in [6, 6.07) is 4.88. The van der Waals surface area contributed by atoms with Gasteiger partial charge in [0.15, 0.2) is 0 Å². The molecule has 2 heterocycles. The van der Waals surface area contributed by atoms with Gasteiger partial charge in [-0.15, -0.1) is 11.8 Å². The second kappa shape index (κ2) is 5.77. The first-order chi connectivity index (χ1) is 11.0. The number of carbonyl (C=O) groups is 1. The van der Waals surface area contributed by atoms with Crippen LogP contribution in [0.3, 0.4) is 0 Å². The van der Waals surface area contributed by atoms with E-state index in [1.807, 2.05) is 0 Å². The Balaban J connectivity index is 1.56. The van der Waals surface area contributed by atoms with Crippen molar-refractivity contribution in [3.63, 3.8) is 0 Å². The molecule has 0 radical (unpaired) electrons. The number of thioether (sulfide) groups is 1. The molecule has 1 aromatic rings. The predicted molar refractivity (Wildman–Crippen MR) is 87.0 cm³/mol. The summed E-state index contributed by atoms with van der Waals surface area (Å²) in [7, 11) is -3.59. The van der Waals surface area contributed by atoms with E-state index < -0.39 is 10.0 Å². The maximum absolute atomic E-state index is 12.6. The van der Waals surface area contributed by atoms with Crippen LogP contribution < -0.4 is 10.0 Å². The summed E-state index contributed by atoms with van der Waals surface area (Å²) in [5, 5.41) is 2.78. The highest BCUT2D eigenvalue weighted by Gasteiger charge is 2.46. The van der Waals surface area contributed by atoms with Crippen molar-refractivity contribution in [2.75, 3.05) is 17.7 Å². The Hall–Kier alpha value is -1.09. The molecule has 0 bridgehead atoms. The molecule has 3 unspecified atom stereocenters. The summed E-state index contributed by atoms with van der Waals surface area (Å²) in [5.41, 5.74) is 0.580. The summed E-state index contributed by atoms with van der Waals surface area (Å²) < 4.78 is 33.5. The Morgan fingerprint density at radius 1 is 1.35 bits per heavy atom. The van der Waals surface area contributed by atoms with Gasteiger partial charge in [0.25, 0.3) is 0 Å². The van der Waals surface area contributed by atoms with Crippen LogP contribution in [0.4, 0.5) is 5.69 Å². The number of anilines is 1. The third-order valence-electron chi connectivity index (χ3n) is 4.69. The molecule has 1 amide bonds. The van der Waals surface area contributed by atoms with Crippen LogP contribution in [-0.2, 0) is 19.6 Å². The topological polar surface area (TPSA) is 84.5 Å². The molecule has 3 aliphatic rings. The van der Waals surface area contributed by atoms with Gasteiger partial charge in [0.1, 0.15) is 0 Å². The second-order valence-electron chi connectivity index (χ2n) is 6.13. The van der Waals surface area contributed by atoms with Gasteiger partial charge in [-0.25, -0.2) is 13.1 Å². The molecule has 1 saturated heterocycles. The van der Waals surface area contributed by atoms with E-state index in [0.29, 0.717) is 23.8 Å². The number of rotatable bonds is 3. The molecule has 6 nitrogen and oxygen atoms in total. The van der Waals surface area contributed by atoms with E-state index >= 15 is 0 Å². The van der Waals surface area contributed by atoms with E-state index in [0.717, 1.165) is 24.3 Å². The van der Waals surface area contributed by atoms with Gasteiger partial charge in [0.05, 0.1) is 16.7 Å². The van der Waals surface area contributed by atoms with Gasteiger partial charge < -0.3 is 10.1 Å². The molecule has 2 aliphatic heterocycles. The standard InChI is InChI=1S/C15H18N2O4S2/c18-15-4-6-22-14-2-1-9(7-12(14)16-15)23(19,20)17-11-8-13-10(11)3-5-21-13/h1-2,7,10-11,13,17H,3-6,8H2,(H,16,18). The van der Waals surface area contributed by atoms with Crippen LogP contribution in [-0.4, -0.2) is 38.8 Å². The molecule has 124 valence electrons. The molecule has 23 heavy (non-hydrogen) atoms. The molecular formula is C15H18N2O4S2. The summed E-state index contributed by atoms with van der Waals surface area (Å²) in [6.45, 7) is 0.718. The van der Waals surface area contributed by atoms with Gasteiger partial charge in [-0.1, -0.05) is 0 Å². The number of amides is 1. The van der Waals surface area contributed by atoms with Crippen molar-refractivity contribution in [1.29, 1.82) is 0 Å². The normalized spacial score (nSPS) is 29.9. The Morgan fingerprint density at radius 3 is 3.04 bits per heavy atom. The quantitative estimate of drug-likeness (QED) is 0.861. The fourth-order valence-electron chi connectivity index (χ4n) is 3.37. The van der Waals surface area contributed by atoms with Gasteiger partial charge in [-0.2, -0.15) is 0 Å². The van der Waals surface area contributed by atoms with Crippen LogP contribution in [0.15, 0.2) is 28.0 Å². The summed E-state index contributed by atoms with van der Waals surface area (Å²) in [5.74, 6) is 0.915. The fraction of sp³-hybridized carbons (Fsp3) is 0.533. The van der Waals surface area contributed by atoms with Gasteiger partial charge in [0.2, 0.25) is 15.9 Å². The maximum atomic E-state index is 12.6. The van der Waals surface area contributed by atoms with Crippen molar-refractivity contribution in [2.45, 2.75) is 41.2 Å². The molecule has 1 saturated carbocycles. The largest absolute Gasteiger partial charge is 0.378 e. The molecule has 3 atom stereocenters. The average Bonchev–Trinajstić information content (AvgIpc) is 2.76. The Kier molecular flexibility index (Phi) is 3.87. The summed E-state index contributed by atoms with van der Waals surface area (Å²) >= 11 is 1.56. The van der Waals surface area contributed by atoms with Crippen molar-refractivity contribution < 1.29 is 17.9 Å². The lowest BCUT2D eigenvalue weighted by Gasteiger charge is -2.39. The number of hydrogen-bond acceptors (Lipinski definition) is 5. The van der Waals surface area contributed by atoms with E-state index in [1.54, 1.807) is 30.0 Å². The molecule has 2 fully saturated rings. The smallest absolute Gasteiger partial charge is 0.240 e. The highest BCUT2D eigenvalue weighted by Crippen LogP contribution is 2.39. The van der Waals surface area contributed by atoms with Crippen LogP contribution in [0, 0.1) is 5.92 Å². The number of hydrogen-bond donors (Lipinski definition) is 2. The van der Waals surface area contributed by atoms with Gasteiger partial charge in [-0.05, 0) is 31.0 Å². The lowest BCUT2D eigenvalue weighted by molar-refractivity contribution is -0.115. The first-order valence-corrected chi connectivity index (χ1v) is 10.2. The number of nitrogens with one attached hydrogen (secondary N) is 2. The third-order valence-corrected chi connectivity index (χ3v) is 7.26. The Labute approximate surface area is 139 Å². The molecule has 8 heteroatoms. The Morgan fingerprint density at radius 2 is 2.22 bits per heavy atom. The number of sulfonamides is 1. The zero-order chi connectivity index (χ0) is 16.0. The highest BCUT2D eigenvalue weighted by molar-refractivity contribution is 7.99. The Bertz CT molecular complexity index is 750. The van der Waals surface area contributed by atoms with Crippen molar-refractivity contribution in [2.24, 2.45) is 5.92 Å². The third kappa shape index (κ3) is 2.88. The van der Waals surface area contributed by atoms with Gasteiger partial charge in [0, 0.05) is 35.6 Å². The molecule has 1 aliphatic carbocycles. The highest BCUT2D eigenvalue weighted by atomic mass is 32.2. The number of fused-ring (bicyclic) bond motifs is 2. The SMILES string of the molecule is O=C1CCSc2ccc(S(=O)(=O)NC3CC4OCCC34)cc2N1. The fourth-order valence-corrected chi connectivity index (χ4v) is 5.63. The van der Waals surface area contributed by atoms with Crippen molar-refractivity contribution in [3.8, 4) is 0 Å². The van der Waals surface area contributed by atoms with Crippen molar-refractivity contribution >= 4 is 33.4 Å². The van der Waals surface area contributed by atoms with Gasteiger partial charge >= 0.3 is 0 Å². The molecule has 2 N–H and O–H groups in total. The van der Waals surface area contributed by atoms with Crippen LogP contribution in [0.5, 0.6) is 0 Å². The molecule has 1 aromatic carbocycles. The summed E-state index contributed by atoms with van der Waals surface area (Å²) in [6.07, 6.45) is 2.30. The van der Waals surface area contributed by atoms with Crippen LogP contribution in [0.1, 0.15) is 19.3 Å². The molecule has 4 rings (SSSR count). The minimum Gasteiger partial charge on any atom is -0.378 e.